The van der Waals surface area contributed by atoms with Crippen molar-refractivity contribution in [2.75, 3.05) is 18.2 Å². The molecule has 8 nitrogen and oxygen atoms in total. The first-order valence-corrected chi connectivity index (χ1v) is 6.53. The number of hydrogen-bond acceptors (Lipinski definition) is 5. The molecule has 1 fully saturated rings. The molecule has 0 saturated carbocycles. The van der Waals surface area contributed by atoms with Crippen LogP contribution in [-0.4, -0.2) is 61.4 Å². The van der Waals surface area contributed by atoms with Gasteiger partial charge in [0.05, 0.1) is 5.88 Å². The minimum atomic E-state index is -0.967. The fourth-order valence-corrected chi connectivity index (χ4v) is 2.73. The van der Waals surface area contributed by atoms with Crippen LogP contribution in [0.5, 0.6) is 0 Å². The maximum atomic E-state index is 11.8. The summed E-state index contributed by atoms with van der Waals surface area (Å²) in [6.45, 7) is 0.390. The highest BCUT2D eigenvalue weighted by Gasteiger charge is 2.34. The molecule has 1 aromatic rings. The van der Waals surface area contributed by atoms with Gasteiger partial charge in [0.15, 0.2) is 0 Å². The first-order chi connectivity index (χ1) is 8.68. The number of carbonyl (C=O) groups is 2. The number of hydrogen-bond donors (Lipinski definition) is 3. The molecule has 3 N–H and O–H groups in total. The van der Waals surface area contributed by atoms with Gasteiger partial charge in [-0.2, -0.15) is 5.10 Å². The lowest BCUT2D eigenvalue weighted by molar-refractivity contribution is -0.140. The Morgan fingerprint density at radius 2 is 2.50 bits per heavy atom. The standard InChI is InChI=1S/C9H13N5O3S/c15-8(16)6-3-18-5-14(6)9(17)10-2-1-7-11-4-12-13-7/h4,6H,1-3,5H2,(H,10,17)(H,15,16)(H,11,12,13)/t6-/m0/s1. The monoisotopic (exact) mass is 271 g/mol. The van der Waals surface area contributed by atoms with Crippen LogP contribution < -0.4 is 5.32 Å². The molecule has 1 aromatic heterocycles. The highest BCUT2D eigenvalue weighted by molar-refractivity contribution is 7.99. The molecule has 1 aliphatic heterocycles. The van der Waals surface area contributed by atoms with Crippen LogP contribution in [-0.2, 0) is 11.2 Å². The van der Waals surface area contributed by atoms with Crippen LogP contribution in [0.15, 0.2) is 6.33 Å². The third-order valence-corrected chi connectivity index (χ3v) is 3.54. The predicted molar refractivity (Wildman–Crippen MR) is 64.1 cm³/mol. The van der Waals surface area contributed by atoms with Crippen molar-refractivity contribution in [3.8, 4) is 0 Å². The lowest BCUT2D eigenvalue weighted by atomic mass is 10.3. The van der Waals surface area contributed by atoms with E-state index in [-0.39, 0.29) is 6.03 Å². The summed E-state index contributed by atoms with van der Waals surface area (Å²) < 4.78 is 0. The van der Waals surface area contributed by atoms with Crippen LogP contribution in [0.4, 0.5) is 4.79 Å². The third-order valence-electron chi connectivity index (χ3n) is 2.53. The van der Waals surface area contributed by atoms with E-state index in [2.05, 4.69) is 20.5 Å². The van der Waals surface area contributed by atoms with Crippen LogP contribution in [0.1, 0.15) is 5.82 Å². The molecule has 0 aliphatic carbocycles. The molecular formula is C9H13N5O3S. The Kier molecular flexibility index (Phi) is 4.03. The quantitative estimate of drug-likeness (QED) is 0.682. The van der Waals surface area contributed by atoms with Gasteiger partial charge in [-0.3, -0.25) is 5.10 Å². The van der Waals surface area contributed by atoms with Crippen molar-refractivity contribution in [1.82, 2.24) is 25.4 Å². The summed E-state index contributed by atoms with van der Waals surface area (Å²) in [7, 11) is 0. The van der Waals surface area contributed by atoms with Gasteiger partial charge in [0, 0.05) is 18.7 Å². The highest BCUT2D eigenvalue weighted by atomic mass is 32.2. The molecule has 2 rings (SSSR count). The first kappa shape index (κ1) is 12.7. The number of carboxylic acid groups (broad SMARTS) is 1. The summed E-state index contributed by atoms with van der Waals surface area (Å²) in [6, 6.07) is -1.09. The molecule has 1 aliphatic rings. The first-order valence-electron chi connectivity index (χ1n) is 5.37. The van der Waals surface area contributed by atoms with Gasteiger partial charge in [-0.05, 0) is 0 Å². The molecule has 2 amide bonds. The van der Waals surface area contributed by atoms with E-state index in [1.54, 1.807) is 0 Å². The number of urea groups is 1. The van der Waals surface area contributed by atoms with Crippen LogP contribution in [0.25, 0.3) is 0 Å². The zero-order chi connectivity index (χ0) is 13.0. The number of aliphatic carboxylic acids is 1. The van der Waals surface area contributed by atoms with E-state index in [4.69, 9.17) is 5.11 Å². The van der Waals surface area contributed by atoms with Gasteiger partial charge in [-0.15, -0.1) is 11.8 Å². The van der Waals surface area contributed by atoms with Crippen molar-refractivity contribution in [2.24, 2.45) is 0 Å². The fraction of sp³-hybridized carbons (Fsp3) is 0.556. The van der Waals surface area contributed by atoms with Crippen molar-refractivity contribution >= 4 is 23.8 Å². The van der Waals surface area contributed by atoms with E-state index in [0.29, 0.717) is 30.4 Å². The van der Waals surface area contributed by atoms with Crippen molar-refractivity contribution in [1.29, 1.82) is 0 Å². The van der Waals surface area contributed by atoms with Crippen molar-refractivity contribution in [3.05, 3.63) is 12.2 Å². The van der Waals surface area contributed by atoms with E-state index in [0.717, 1.165) is 0 Å². The minimum absolute atomic E-state index is 0.355. The van der Waals surface area contributed by atoms with Gasteiger partial charge in [-0.25, -0.2) is 14.6 Å². The Hall–Kier alpha value is -1.77. The number of carbonyl (C=O) groups excluding carboxylic acids is 1. The summed E-state index contributed by atoms with van der Waals surface area (Å²) >= 11 is 1.43. The fourth-order valence-electron chi connectivity index (χ4n) is 1.59. The summed E-state index contributed by atoms with van der Waals surface area (Å²) in [5.74, 6) is 0.557. The second-order valence-electron chi connectivity index (χ2n) is 3.74. The third kappa shape index (κ3) is 2.92. The van der Waals surface area contributed by atoms with Gasteiger partial charge in [0.25, 0.3) is 0 Å². The lowest BCUT2D eigenvalue weighted by Gasteiger charge is -2.20. The van der Waals surface area contributed by atoms with Crippen LogP contribution in [0.2, 0.25) is 0 Å². The summed E-state index contributed by atoms with van der Waals surface area (Å²) in [5.41, 5.74) is 0. The Balaban J connectivity index is 1.79. The minimum Gasteiger partial charge on any atom is -0.480 e. The largest absolute Gasteiger partial charge is 0.480 e. The average Bonchev–Trinajstić information content (AvgIpc) is 2.99. The molecule has 1 saturated heterocycles. The Morgan fingerprint density at radius 1 is 1.67 bits per heavy atom. The molecule has 0 radical (unpaired) electrons. The SMILES string of the molecule is O=C(O)[C@@H]1CSCN1C(=O)NCCc1ncn[nH]1. The molecular weight excluding hydrogens is 258 g/mol. The number of aromatic amines is 1. The van der Waals surface area contributed by atoms with Gasteiger partial charge in [0.2, 0.25) is 0 Å². The smallest absolute Gasteiger partial charge is 0.327 e. The molecule has 2 heterocycles. The number of nitrogens with zero attached hydrogens (tertiary/aromatic N) is 3. The number of thioether (sulfide) groups is 1. The van der Waals surface area contributed by atoms with E-state index >= 15 is 0 Å². The highest BCUT2D eigenvalue weighted by Crippen LogP contribution is 2.20. The number of aromatic nitrogens is 3. The van der Waals surface area contributed by atoms with E-state index in [9.17, 15) is 9.59 Å². The predicted octanol–water partition coefficient (Wildman–Crippen LogP) is -0.484. The van der Waals surface area contributed by atoms with Gasteiger partial charge in [-0.1, -0.05) is 0 Å². The number of H-pyrrole nitrogens is 1. The number of amides is 2. The normalized spacial score (nSPS) is 18.9. The average molecular weight is 271 g/mol. The maximum Gasteiger partial charge on any atom is 0.327 e. The van der Waals surface area contributed by atoms with E-state index in [1.165, 1.54) is 23.0 Å². The van der Waals surface area contributed by atoms with E-state index < -0.39 is 12.0 Å². The molecule has 1 atom stereocenters. The Bertz CT molecular complexity index is 424. The van der Waals surface area contributed by atoms with Crippen LogP contribution in [0, 0.1) is 0 Å². The molecule has 0 spiro atoms. The van der Waals surface area contributed by atoms with Crippen molar-refractivity contribution < 1.29 is 14.7 Å². The Morgan fingerprint density at radius 3 is 3.17 bits per heavy atom. The molecule has 0 aromatic carbocycles. The van der Waals surface area contributed by atoms with Gasteiger partial charge >= 0.3 is 12.0 Å². The molecule has 0 unspecified atom stereocenters. The zero-order valence-corrected chi connectivity index (χ0v) is 10.3. The van der Waals surface area contributed by atoms with Gasteiger partial charge < -0.3 is 15.3 Å². The second kappa shape index (κ2) is 5.71. The maximum absolute atomic E-state index is 11.8. The lowest BCUT2D eigenvalue weighted by Crippen LogP contribution is -2.47. The number of carboxylic acids is 1. The number of nitrogens with one attached hydrogen (secondary N) is 2. The molecule has 9 heteroatoms. The van der Waals surface area contributed by atoms with Gasteiger partial charge in [0.1, 0.15) is 18.2 Å². The van der Waals surface area contributed by atoms with Crippen LogP contribution in [0.3, 0.4) is 0 Å². The van der Waals surface area contributed by atoms with Crippen molar-refractivity contribution in [2.45, 2.75) is 12.5 Å². The molecule has 98 valence electrons. The summed E-state index contributed by atoms with van der Waals surface area (Å²) in [5, 5.41) is 18.0. The summed E-state index contributed by atoms with van der Waals surface area (Å²) in [6.07, 6.45) is 1.93. The van der Waals surface area contributed by atoms with Crippen LogP contribution >= 0.6 is 11.8 Å². The topological polar surface area (TPSA) is 111 Å². The molecule has 18 heavy (non-hydrogen) atoms. The summed E-state index contributed by atoms with van der Waals surface area (Å²) in [4.78, 5) is 28.0. The number of rotatable bonds is 4. The Labute approximate surface area is 107 Å². The van der Waals surface area contributed by atoms with Crippen molar-refractivity contribution in [3.63, 3.8) is 0 Å². The zero-order valence-electron chi connectivity index (χ0n) is 9.50. The van der Waals surface area contributed by atoms with E-state index in [1.807, 2.05) is 0 Å². The molecule has 0 bridgehead atoms. The second-order valence-corrected chi connectivity index (χ2v) is 4.74.